The Hall–Kier alpha value is -2.14. The minimum Gasteiger partial charge on any atom is -0.388 e. The third-order valence-corrected chi connectivity index (χ3v) is 2.75. The van der Waals surface area contributed by atoms with Crippen molar-refractivity contribution >= 4 is 5.91 Å². The first-order valence-corrected chi connectivity index (χ1v) is 6.11. The molecule has 0 fully saturated rings. The molecule has 0 saturated carbocycles. The molecule has 1 amide bonds. The molecule has 2 aromatic rings. The normalized spacial score (nSPS) is 12.1. The second-order valence-corrected chi connectivity index (χ2v) is 4.29. The third-order valence-electron chi connectivity index (χ3n) is 2.75. The van der Waals surface area contributed by atoms with Gasteiger partial charge in [-0.1, -0.05) is 35.5 Å². The van der Waals surface area contributed by atoms with Crippen LogP contribution in [0.5, 0.6) is 0 Å². The van der Waals surface area contributed by atoms with E-state index in [1.54, 1.807) is 13.0 Å². The predicted octanol–water partition coefficient (Wildman–Crippen LogP) is 1.84. The van der Waals surface area contributed by atoms with Crippen LogP contribution in [0, 0.1) is 6.92 Å². The van der Waals surface area contributed by atoms with Crippen LogP contribution in [0.4, 0.5) is 0 Å². The lowest BCUT2D eigenvalue weighted by atomic mass is 10.1. The number of aliphatic hydroxyl groups is 1. The molecular formula is C14H16N2O3. The fraction of sp³-hybridized carbons (Fsp3) is 0.286. The maximum absolute atomic E-state index is 11.7. The number of aromatic nitrogens is 1. The summed E-state index contributed by atoms with van der Waals surface area (Å²) in [5, 5.41) is 16.2. The summed E-state index contributed by atoms with van der Waals surface area (Å²) in [6.45, 7) is 2.10. The quantitative estimate of drug-likeness (QED) is 0.860. The lowest BCUT2D eigenvalue weighted by Gasteiger charge is -2.10. The Kier molecular flexibility index (Phi) is 4.30. The first kappa shape index (κ1) is 13.3. The molecule has 1 unspecified atom stereocenters. The van der Waals surface area contributed by atoms with Crippen molar-refractivity contribution in [1.29, 1.82) is 0 Å². The molecular weight excluding hydrogens is 244 g/mol. The molecule has 100 valence electrons. The van der Waals surface area contributed by atoms with Gasteiger partial charge in [0.2, 0.25) is 0 Å². The number of amides is 1. The van der Waals surface area contributed by atoms with E-state index in [0.717, 1.165) is 5.56 Å². The van der Waals surface area contributed by atoms with Crippen molar-refractivity contribution in [3.63, 3.8) is 0 Å². The van der Waals surface area contributed by atoms with E-state index in [-0.39, 0.29) is 11.6 Å². The molecule has 1 aromatic heterocycles. The first-order valence-electron chi connectivity index (χ1n) is 6.11. The number of hydrogen-bond acceptors (Lipinski definition) is 4. The van der Waals surface area contributed by atoms with Gasteiger partial charge in [0.05, 0.1) is 6.10 Å². The zero-order valence-electron chi connectivity index (χ0n) is 10.7. The van der Waals surface area contributed by atoms with Crippen molar-refractivity contribution in [3.8, 4) is 0 Å². The molecule has 0 spiro atoms. The molecule has 0 aliphatic rings. The molecule has 19 heavy (non-hydrogen) atoms. The molecule has 0 saturated heterocycles. The van der Waals surface area contributed by atoms with Gasteiger partial charge in [-0.25, -0.2) is 0 Å². The second kappa shape index (κ2) is 6.15. The van der Waals surface area contributed by atoms with Gasteiger partial charge in [0.1, 0.15) is 5.76 Å². The monoisotopic (exact) mass is 260 g/mol. The van der Waals surface area contributed by atoms with E-state index in [9.17, 15) is 9.90 Å². The molecule has 0 aliphatic heterocycles. The van der Waals surface area contributed by atoms with Crippen LogP contribution in [0.2, 0.25) is 0 Å². The summed E-state index contributed by atoms with van der Waals surface area (Å²) >= 11 is 0. The highest BCUT2D eigenvalue weighted by Crippen LogP contribution is 2.14. The van der Waals surface area contributed by atoms with Crippen LogP contribution < -0.4 is 5.32 Å². The van der Waals surface area contributed by atoms with Crippen molar-refractivity contribution in [3.05, 3.63) is 53.4 Å². The van der Waals surface area contributed by atoms with Gasteiger partial charge in [0, 0.05) is 12.6 Å². The number of carbonyl (C=O) groups is 1. The number of rotatable bonds is 5. The number of hydrogen-bond donors (Lipinski definition) is 2. The molecule has 0 aliphatic carbocycles. The second-order valence-electron chi connectivity index (χ2n) is 4.29. The van der Waals surface area contributed by atoms with Gasteiger partial charge in [-0.15, -0.1) is 0 Å². The van der Waals surface area contributed by atoms with E-state index >= 15 is 0 Å². The summed E-state index contributed by atoms with van der Waals surface area (Å²) in [7, 11) is 0. The van der Waals surface area contributed by atoms with E-state index in [2.05, 4.69) is 10.5 Å². The van der Waals surface area contributed by atoms with Crippen LogP contribution in [-0.4, -0.2) is 22.7 Å². The molecule has 2 rings (SSSR count). The van der Waals surface area contributed by atoms with E-state index in [1.165, 1.54) is 0 Å². The van der Waals surface area contributed by atoms with Crippen molar-refractivity contribution in [2.24, 2.45) is 0 Å². The van der Waals surface area contributed by atoms with Crippen LogP contribution in [0.3, 0.4) is 0 Å². The third kappa shape index (κ3) is 3.66. The van der Waals surface area contributed by atoms with Crippen molar-refractivity contribution in [2.45, 2.75) is 19.4 Å². The van der Waals surface area contributed by atoms with Gasteiger partial charge >= 0.3 is 0 Å². The average Bonchev–Trinajstić information content (AvgIpc) is 2.86. The highest BCUT2D eigenvalue weighted by molar-refractivity contribution is 5.92. The smallest absolute Gasteiger partial charge is 0.273 e. The van der Waals surface area contributed by atoms with Crippen LogP contribution in [-0.2, 0) is 0 Å². The number of aryl methyl sites for hydroxylation is 1. The lowest BCUT2D eigenvalue weighted by molar-refractivity contribution is 0.0933. The number of carbonyl (C=O) groups excluding carboxylic acids is 1. The van der Waals surface area contributed by atoms with E-state index in [1.807, 2.05) is 30.3 Å². The van der Waals surface area contributed by atoms with E-state index in [4.69, 9.17) is 4.52 Å². The minimum absolute atomic E-state index is 0.256. The van der Waals surface area contributed by atoms with Gasteiger partial charge in [0.25, 0.3) is 5.91 Å². The highest BCUT2D eigenvalue weighted by atomic mass is 16.5. The summed E-state index contributed by atoms with van der Waals surface area (Å²) in [6.07, 6.45) is -0.132. The Morgan fingerprint density at radius 2 is 2.16 bits per heavy atom. The topological polar surface area (TPSA) is 75.4 Å². The number of nitrogens with zero attached hydrogens (tertiary/aromatic N) is 1. The maximum Gasteiger partial charge on any atom is 0.273 e. The van der Waals surface area contributed by atoms with Gasteiger partial charge in [-0.05, 0) is 18.9 Å². The summed E-state index contributed by atoms with van der Waals surface area (Å²) < 4.78 is 4.82. The van der Waals surface area contributed by atoms with Gasteiger partial charge in [0.15, 0.2) is 5.69 Å². The summed E-state index contributed by atoms with van der Waals surface area (Å²) in [4.78, 5) is 11.7. The molecule has 1 atom stereocenters. The number of nitrogens with one attached hydrogen (secondary N) is 1. The Labute approximate surface area is 111 Å². The van der Waals surface area contributed by atoms with Crippen LogP contribution in [0.1, 0.15) is 34.3 Å². The fourth-order valence-electron chi connectivity index (χ4n) is 1.73. The van der Waals surface area contributed by atoms with Crippen molar-refractivity contribution in [2.75, 3.05) is 6.54 Å². The Balaban J connectivity index is 1.79. The molecule has 0 bridgehead atoms. The summed E-state index contributed by atoms with van der Waals surface area (Å²) in [5.74, 6) is 0.298. The van der Waals surface area contributed by atoms with Gasteiger partial charge in [-0.2, -0.15) is 0 Å². The maximum atomic E-state index is 11.7. The molecule has 1 aromatic carbocycles. The van der Waals surface area contributed by atoms with Crippen LogP contribution in [0.25, 0.3) is 0 Å². The summed E-state index contributed by atoms with van der Waals surface area (Å²) in [6, 6.07) is 10.9. The standard InChI is InChI=1S/C14H16N2O3/c1-10-9-12(16-19-10)14(18)15-8-7-13(17)11-5-3-2-4-6-11/h2-6,9,13,17H,7-8H2,1H3,(H,15,18). The van der Waals surface area contributed by atoms with Gasteiger partial charge < -0.3 is 14.9 Å². The Morgan fingerprint density at radius 1 is 1.42 bits per heavy atom. The largest absolute Gasteiger partial charge is 0.388 e. The van der Waals surface area contributed by atoms with Crippen LogP contribution in [0.15, 0.2) is 40.9 Å². The number of aliphatic hydroxyl groups excluding tert-OH is 1. The predicted molar refractivity (Wildman–Crippen MR) is 69.6 cm³/mol. The summed E-state index contributed by atoms with van der Waals surface area (Å²) in [5.41, 5.74) is 1.10. The van der Waals surface area contributed by atoms with Crippen molar-refractivity contribution in [1.82, 2.24) is 10.5 Å². The zero-order valence-corrected chi connectivity index (χ0v) is 10.7. The lowest BCUT2D eigenvalue weighted by Crippen LogP contribution is -2.25. The van der Waals surface area contributed by atoms with E-state index in [0.29, 0.717) is 18.7 Å². The molecule has 1 heterocycles. The minimum atomic E-state index is -0.583. The highest BCUT2D eigenvalue weighted by Gasteiger charge is 2.11. The molecule has 5 nitrogen and oxygen atoms in total. The fourth-order valence-corrected chi connectivity index (χ4v) is 1.73. The first-order chi connectivity index (χ1) is 9.16. The van der Waals surface area contributed by atoms with E-state index < -0.39 is 6.10 Å². The molecule has 0 radical (unpaired) electrons. The van der Waals surface area contributed by atoms with Gasteiger partial charge in [-0.3, -0.25) is 4.79 Å². The van der Waals surface area contributed by atoms with Crippen molar-refractivity contribution < 1.29 is 14.4 Å². The SMILES string of the molecule is Cc1cc(C(=O)NCCC(O)c2ccccc2)no1. The zero-order chi connectivity index (χ0) is 13.7. The molecule has 2 N–H and O–H groups in total. The number of benzene rings is 1. The molecule has 5 heteroatoms. The van der Waals surface area contributed by atoms with Crippen LogP contribution >= 0.6 is 0 Å². The average molecular weight is 260 g/mol. The Morgan fingerprint density at radius 3 is 2.79 bits per heavy atom. The Bertz CT molecular complexity index is 537.